The highest BCUT2D eigenvalue weighted by molar-refractivity contribution is 6.32. The van der Waals surface area contributed by atoms with Gasteiger partial charge in [-0.1, -0.05) is 37.6 Å². The number of amides is 1. The van der Waals surface area contributed by atoms with E-state index in [9.17, 15) is 9.59 Å². The van der Waals surface area contributed by atoms with Crippen LogP contribution in [-0.2, 0) is 20.7 Å². The molecule has 0 N–H and O–H groups in total. The van der Waals surface area contributed by atoms with Gasteiger partial charge in [0.15, 0.2) is 5.76 Å². The van der Waals surface area contributed by atoms with Crippen LogP contribution in [0.2, 0.25) is 5.02 Å². The summed E-state index contributed by atoms with van der Waals surface area (Å²) in [6.07, 6.45) is 1.15. The zero-order chi connectivity index (χ0) is 17.4. The molecule has 1 atom stereocenters. The molecule has 6 heteroatoms. The first-order valence-corrected chi connectivity index (χ1v) is 8.36. The van der Waals surface area contributed by atoms with E-state index < -0.39 is 12.0 Å². The lowest BCUT2D eigenvalue weighted by molar-refractivity contribution is -0.151. The second-order valence-electron chi connectivity index (χ2n) is 6.54. The Kier molecular flexibility index (Phi) is 4.54. The predicted molar refractivity (Wildman–Crippen MR) is 89.8 cm³/mol. The number of carbonyl (C=O) groups excluding carboxylic acids is 2. The Morgan fingerprint density at radius 2 is 2.17 bits per heavy atom. The standard InChI is InChI=1S/C18H20ClNO4/c1-10(2)7-14(18(22)23-3)20-9-12-8-11-5-4-6-13(19)15(11)24-16(12)17(20)21/h4-6,10,14H,7-9H2,1-3H3/t14-/m0/s1. The Morgan fingerprint density at radius 1 is 1.42 bits per heavy atom. The van der Waals surface area contributed by atoms with Crippen LogP contribution in [0.25, 0.3) is 0 Å². The van der Waals surface area contributed by atoms with Gasteiger partial charge in [-0.2, -0.15) is 0 Å². The summed E-state index contributed by atoms with van der Waals surface area (Å²) in [5.74, 6) is 0.422. The molecule has 0 bridgehead atoms. The minimum absolute atomic E-state index is 0.257. The number of hydrogen-bond acceptors (Lipinski definition) is 4. The second-order valence-corrected chi connectivity index (χ2v) is 6.95. The van der Waals surface area contributed by atoms with Crippen LogP contribution in [-0.4, -0.2) is 36.5 Å². The number of nitrogens with zero attached hydrogens (tertiary/aromatic N) is 1. The highest BCUT2D eigenvalue weighted by atomic mass is 35.5. The van der Waals surface area contributed by atoms with Crippen molar-refractivity contribution < 1.29 is 19.1 Å². The predicted octanol–water partition coefficient (Wildman–Crippen LogP) is 2.96. The van der Waals surface area contributed by atoms with Gasteiger partial charge in [-0.15, -0.1) is 0 Å². The van der Waals surface area contributed by atoms with Crippen LogP contribution >= 0.6 is 11.6 Å². The lowest BCUT2D eigenvalue weighted by Gasteiger charge is -2.27. The Hall–Kier alpha value is -2.01. The lowest BCUT2D eigenvalue weighted by atomic mass is 10.0. The zero-order valence-corrected chi connectivity index (χ0v) is 14.7. The molecule has 0 saturated heterocycles. The van der Waals surface area contributed by atoms with Crippen LogP contribution in [0.5, 0.6) is 5.75 Å². The molecule has 0 aromatic heterocycles. The van der Waals surface area contributed by atoms with Gasteiger partial charge < -0.3 is 14.4 Å². The molecule has 128 valence electrons. The van der Waals surface area contributed by atoms with Gasteiger partial charge in [0, 0.05) is 24.1 Å². The molecule has 1 aromatic carbocycles. The SMILES string of the molecule is COC(=O)[C@H](CC(C)C)N1CC2=C(Oc3c(Cl)cccc3C2)C1=O. The molecule has 0 saturated carbocycles. The van der Waals surface area contributed by atoms with Crippen molar-refractivity contribution >= 4 is 23.5 Å². The smallest absolute Gasteiger partial charge is 0.328 e. The van der Waals surface area contributed by atoms with Crippen LogP contribution in [0.4, 0.5) is 0 Å². The van der Waals surface area contributed by atoms with Crippen molar-refractivity contribution in [2.75, 3.05) is 13.7 Å². The van der Waals surface area contributed by atoms with Crippen molar-refractivity contribution in [2.24, 2.45) is 5.92 Å². The molecule has 24 heavy (non-hydrogen) atoms. The van der Waals surface area contributed by atoms with E-state index in [1.807, 2.05) is 26.0 Å². The van der Waals surface area contributed by atoms with E-state index in [1.54, 1.807) is 11.0 Å². The average molecular weight is 350 g/mol. The van der Waals surface area contributed by atoms with E-state index >= 15 is 0 Å². The van der Waals surface area contributed by atoms with Crippen molar-refractivity contribution in [3.05, 3.63) is 40.1 Å². The third-order valence-corrected chi connectivity index (χ3v) is 4.64. The molecular weight excluding hydrogens is 330 g/mol. The van der Waals surface area contributed by atoms with Gasteiger partial charge in [-0.05, 0) is 18.4 Å². The van der Waals surface area contributed by atoms with E-state index in [-0.39, 0.29) is 11.8 Å². The lowest BCUT2D eigenvalue weighted by Crippen LogP contribution is -2.44. The fourth-order valence-electron chi connectivity index (χ4n) is 3.21. The van der Waals surface area contributed by atoms with Crippen LogP contribution in [0.1, 0.15) is 25.8 Å². The van der Waals surface area contributed by atoms with Crippen molar-refractivity contribution in [1.29, 1.82) is 0 Å². The number of para-hydroxylation sites is 1. The number of halogens is 1. The molecule has 0 aliphatic carbocycles. The average Bonchev–Trinajstić information content (AvgIpc) is 2.86. The Bertz CT molecular complexity index is 726. The van der Waals surface area contributed by atoms with E-state index in [0.717, 1.165) is 11.1 Å². The molecule has 0 unspecified atom stereocenters. The van der Waals surface area contributed by atoms with Gasteiger partial charge in [0.1, 0.15) is 11.8 Å². The minimum Gasteiger partial charge on any atom is -0.467 e. The fourth-order valence-corrected chi connectivity index (χ4v) is 3.44. The van der Waals surface area contributed by atoms with E-state index in [0.29, 0.717) is 35.9 Å². The normalized spacial score (nSPS) is 17.5. The van der Waals surface area contributed by atoms with Gasteiger partial charge >= 0.3 is 5.97 Å². The molecule has 2 aliphatic heterocycles. The Morgan fingerprint density at radius 3 is 2.83 bits per heavy atom. The number of fused-ring (bicyclic) bond motifs is 1. The maximum absolute atomic E-state index is 12.8. The van der Waals surface area contributed by atoms with Crippen molar-refractivity contribution in [3.8, 4) is 5.75 Å². The molecule has 0 spiro atoms. The topological polar surface area (TPSA) is 55.8 Å². The maximum atomic E-state index is 12.8. The zero-order valence-electron chi connectivity index (χ0n) is 14.0. The highest BCUT2D eigenvalue weighted by Gasteiger charge is 2.42. The van der Waals surface area contributed by atoms with Gasteiger partial charge in [0.25, 0.3) is 5.91 Å². The monoisotopic (exact) mass is 349 g/mol. The van der Waals surface area contributed by atoms with E-state index in [2.05, 4.69) is 0 Å². The summed E-state index contributed by atoms with van der Waals surface area (Å²) in [4.78, 5) is 26.5. The summed E-state index contributed by atoms with van der Waals surface area (Å²) in [6, 6.07) is 4.93. The third-order valence-electron chi connectivity index (χ3n) is 4.34. The first-order valence-electron chi connectivity index (χ1n) is 7.98. The summed E-state index contributed by atoms with van der Waals surface area (Å²) in [7, 11) is 1.34. The van der Waals surface area contributed by atoms with Gasteiger partial charge in [0.05, 0.1) is 12.1 Å². The van der Waals surface area contributed by atoms with Crippen LogP contribution < -0.4 is 4.74 Å². The molecular formula is C18H20ClNO4. The van der Waals surface area contributed by atoms with Gasteiger partial charge in [-0.3, -0.25) is 4.79 Å². The van der Waals surface area contributed by atoms with Gasteiger partial charge in [0.2, 0.25) is 0 Å². The summed E-state index contributed by atoms with van der Waals surface area (Å²) < 4.78 is 10.7. The fraction of sp³-hybridized carbons (Fsp3) is 0.444. The molecule has 0 radical (unpaired) electrons. The molecule has 2 aliphatic rings. The van der Waals surface area contributed by atoms with Crippen LogP contribution in [0.3, 0.4) is 0 Å². The number of benzene rings is 1. The Labute approximate surface area is 146 Å². The van der Waals surface area contributed by atoms with Crippen LogP contribution in [0.15, 0.2) is 29.5 Å². The molecule has 3 rings (SSSR count). The van der Waals surface area contributed by atoms with Crippen molar-refractivity contribution in [3.63, 3.8) is 0 Å². The minimum atomic E-state index is -0.602. The number of carbonyl (C=O) groups is 2. The van der Waals surface area contributed by atoms with Crippen molar-refractivity contribution in [2.45, 2.75) is 32.7 Å². The molecule has 1 aromatic rings. The molecule has 1 amide bonds. The number of hydrogen-bond donors (Lipinski definition) is 0. The van der Waals surface area contributed by atoms with Crippen molar-refractivity contribution in [1.82, 2.24) is 4.90 Å². The highest BCUT2D eigenvalue weighted by Crippen LogP contribution is 2.39. The maximum Gasteiger partial charge on any atom is 0.328 e. The summed E-state index contributed by atoms with van der Waals surface area (Å²) in [6.45, 7) is 4.40. The molecule has 2 heterocycles. The summed E-state index contributed by atoms with van der Waals surface area (Å²) in [5, 5.41) is 0.483. The van der Waals surface area contributed by atoms with E-state index in [4.69, 9.17) is 21.1 Å². The first kappa shape index (κ1) is 16.8. The number of ether oxygens (including phenoxy) is 2. The summed E-state index contributed by atoms with van der Waals surface area (Å²) >= 11 is 6.17. The number of rotatable bonds is 4. The molecule has 5 nitrogen and oxygen atoms in total. The second kappa shape index (κ2) is 6.48. The number of esters is 1. The third kappa shape index (κ3) is 2.88. The van der Waals surface area contributed by atoms with E-state index in [1.165, 1.54) is 7.11 Å². The number of methoxy groups -OCH3 is 1. The quantitative estimate of drug-likeness (QED) is 0.784. The van der Waals surface area contributed by atoms with Crippen LogP contribution in [0, 0.1) is 5.92 Å². The molecule has 0 fully saturated rings. The Balaban J connectivity index is 1.87. The largest absolute Gasteiger partial charge is 0.467 e. The first-order chi connectivity index (χ1) is 11.4. The summed E-state index contributed by atoms with van der Waals surface area (Å²) in [5.41, 5.74) is 1.84. The van der Waals surface area contributed by atoms with Gasteiger partial charge in [-0.25, -0.2) is 4.79 Å².